The Kier molecular flexibility index (Phi) is 10.9. The van der Waals surface area contributed by atoms with Gasteiger partial charge in [-0.05, 0) is 38.1 Å². The Balaban J connectivity index is 0.000000141. The van der Waals surface area contributed by atoms with Crippen molar-refractivity contribution in [3.63, 3.8) is 0 Å². The lowest BCUT2D eigenvalue weighted by molar-refractivity contribution is 0.442. The normalized spacial score (nSPS) is 17.7. The molecular weight excluding hydrogens is 608 g/mol. The van der Waals surface area contributed by atoms with Gasteiger partial charge in [0, 0.05) is 85.6 Å². The van der Waals surface area contributed by atoms with Crippen molar-refractivity contribution in [3.8, 4) is 22.5 Å². The molecule has 8 rings (SSSR count). The van der Waals surface area contributed by atoms with Gasteiger partial charge in [-0.15, -0.1) is 20.4 Å². The van der Waals surface area contributed by atoms with Crippen molar-refractivity contribution in [1.82, 2.24) is 46.3 Å². The third kappa shape index (κ3) is 8.04. The third-order valence-corrected chi connectivity index (χ3v) is 8.28. The molecule has 2 aromatic carbocycles. The lowest BCUT2D eigenvalue weighted by Gasteiger charge is -2.32. The third-order valence-electron chi connectivity index (χ3n) is 8.02. The first-order valence-corrected chi connectivity index (χ1v) is 16.4. The summed E-state index contributed by atoms with van der Waals surface area (Å²) in [6.07, 6.45) is 3.53. The average Bonchev–Trinajstić information content (AvgIpc) is 3.13. The SMILES string of the molecule is C[C@H]1CN(c2nnc(-c3ccccc3)c3cccnc23)CCN1.C[C@H]1CNCCN1.Clc1nnc(-c2ccccc2)c2cccnc12. The number of rotatable bonds is 3. The van der Waals surface area contributed by atoms with E-state index in [2.05, 4.69) is 83.3 Å². The van der Waals surface area contributed by atoms with E-state index >= 15 is 0 Å². The van der Waals surface area contributed by atoms with Gasteiger partial charge in [0.05, 0.1) is 0 Å². The number of fused-ring (bicyclic) bond motifs is 2. The number of aromatic nitrogens is 6. The van der Waals surface area contributed by atoms with Crippen LogP contribution in [0.3, 0.4) is 0 Å². The molecule has 6 aromatic rings. The second-order valence-electron chi connectivity index (χ2n) is 11.6. The second-order valence-corrected chi connectivity index (χ2v) is 12.0. The van der Waals surface area contributed by atoms with Gasteiger partial charge >= 0.3 is 0 Å². The molecule has 2 fully saturated rings. The number of benzene rings is 2. The Morgan fingerprint density at radius 1 is 0.638 bits per heavy atom. The van der Waals surface area contributed by atoms with E-state index in [-0.39, 0.29) is 0 Å². The van der Waals surface area contributed by atoms with E-state index in [1.165, 1.54) is 0 Å². The van der Waals surface area contributed by atoms with Crippen LogP contribution in [0.15, 0.2) is 97.3 Å². The smallest absolute Gasteiger partial charge is 0.177 e. The molecule has 2 aliphatic rings. The Morgan fingerprint density at radius 3 is 1.81 bits per heavy atom. The zero-order valence-corrected chi connectivity index (χ0v) is 27.4. The first-order valence-electron chi connectivity index (χ1n) is 16.0. The van der Waals surface area contributed by atoms with Crippen LogP contribution in [0.2, 0.25) is 5.15 Å². The standard InChI is InChI=1S/C18H19N5.C13H8ClN3.C5H12N2/c1-13-12-23(11-10-19-13)18-17-15(8-5-9-20-17)16(21-22-18)14-6-3-2-4-7-14;14-13-12-10(7-4-8-15-12)11(16-17-13)9-5-2-1-3-6-9;1-5-4-6-2-3-7-5/h2-9,13,19H,10-12H2,1H3;1-8H;5-7H,2-4H2,1H3/t13-;;5-/m0.0/s1. The number of nitrogens with zero attached hydrogens (tertiary/aromatic N) is 7. The molecule has 0 amide bonds. The molecule has 0 unspecified atom stereocenters. The van der Waals surface area contributed by atoms with Crippen LogP contribution < -0.4 is 20.9 Å². The van der Waals surface area contributed by atoms with Crippen molar-refractivity contribution in [2.75, 3.05) is 44.2 Å². The quantitative estimate of drug-likeness (QED) is 0.231. The monoisotopic (exact) mass is 646 g/mol. The lowest BCUT2D eigenvalue weighted by atomic mass is 10.1. The summed E-state index contributed by atoms with van der Waals surface area (Å²) in [4.78, 5) is 11.1. The van der Waals surface area contributed by atoms with E-state index in [0.717, 1.165) is 83.9 Å². The average molecular weight is 647 g/mol. The summed E-state index contributed by atoms with van der Waals surface area (Å²) in [5.41, 5.74) is 5.38. The van der Waals surface area contributed by atoms with Crippen molar-refractivity contribution in [2.24, 2.45) is 0 Å². The fourth-order valence-electron chi connectivity index (χ4n) is 5.68. The molecule has 4 aromatic heterocycles. The Morgan fingerprint density at radius 2 is 1.23 bits per heavy atom. The molecule has 240 valence electrons. The van der Waals surface area contributed by atoms with E-state index in [1.54, 1.807) is 6.20 Å². The Labute approximate surface area is 280 Å². The molecule has 0 aliphatic carbocycles. The van der Waals surface area contributed by atoms with Gasteiger partial charge in [0.25, 0.3) is 0 Å². The van der Waals surface area contributed by atoms with Crippen LogP contribution >= 0.6 is 11.6 Å². The molecular formula is C36H39ClN10. The zero-order chi connectivity index (χ0) is 32.4. The van der Waals surface area contributed by atoms with Crippen LogP contribution in [0.25, 0.3) is 44.3 Å². The first kappa shape index (κ1) is 32.3. The van der Waals surface area contributed by atoms with Gasteiger partial charge in [-0.1, -0.05) is 72.3 Å². The number of hydrogen-bond donors (Lipinski definition) is 3. The maximum atomic E-state index is 5.98. The molecule has 3 N–H and O–H groups in total. The van der Waals surface area contributed by atoms with Crippen molar-refractivity contribution in [2.45, 2.75) is 25.9 Å². The molecule has 2 atom stereocenters. The molecule has 6 heterocycles. The van der Waals surface area contributed by atoms with Crippen LogP contribution in [0.5, 0.6) is 0 Å². The van der Waals surface area contributed by atoms with E-state index in [1.807, 2.05) is 72.9 Å². The Hall–Kier alpha value is -4.61. The minimum absolute atomic E-state index is 0.334. The maximum Gasteiger partial charge on any atom is 0.177 e. The number of hydrogen-bond acceptors (Lipinski definition) is 10. The summed E-state index contributed by atoms with van der Waals surface area (Å²) < 4.78 is 0. The number of halogens is 1. The molecule has 2 saturated heterocycles. The largest absolute Gasteiger partial charge is 0.350 e. The minimum atomic E-state index is 0.334. The molecule has 10 nitrogen and oxygen atoms in total. The zero-order valence-electron chi connectivity index (χ0n) is 26.6. The number of piperazine rings is 2. The van der Waals surface area contributed by atoms with Crippen LogP contribution in [-0.2, 0) is 0 Å². The summed E-state index contributed by atoms with van der Waals surface area (Å²) in [5.74, 6) is 0.883. The highest BCUT2D eigenvalue weighted by molar-refractivity contribution is 6.34. The van der Waals surface area contributed by atoms with Crippen molar-refractivity contribution in [1.29, 1.82) is 0 Å². The van der Waals surface area contributed by atoms with Gasteiger partial charge in [0.15, 0.2) is 11.0 Å². The predicted octanol–water partition coefficient (Wildman–Crippen LogP) is 5.40. The molecule has 0 bridgehead atoms. The van der Waals surface area contributed by atoms with E-state index in [0.29, 0.717) is 22.8 Å². The van der Waals surface area contributed by atoms with Gasteiger partial charge in [-0.3, -0.25) is 9.97 Å². The number of pyridine rings is 2. The van der Waals surface area contributed by atoms with Gasteiger partial charge in [-0.2, -0.15) is 0 Å². The maximum absolute atomic E-state index is 5.98. The number of nitrogens with one attached hydrogen (secondary N) is 3. The van der Waals surface area contributed by atoms with Crippen LogP contribution in [0.4, 0.5) is 5.82 Å². The van der Waals surface area contributed by atoms with E-state index in [9.17, 15) is 0 Å². The van der Waals surface area contributed by atoms with Gasteiger partial charge in [0.1, 0.15) is 22.4 Å². The predicted molar refractivity (Wildman–Crippen MR) is 191 cm³/mol. The lowest BCUT2D eigenvalue weighted by Crippen LogP contribution is -2.49. The summed E-state index contributed by atoms with van der Waals surface area (Å²) in [6, 6.07) is 29.0. The summed E-state index contributed by atoms with van der Waals surface area (Å²) >= 11 is 5.98. The van der Waals surface area contributed by atoms with E-state index in [4.69, 9.17) is 11.6 Å². The highest BCUT2D eigenvalue weighted by atomic mass is 35.5. The topological polar surface area (TPSA) is 117 Å². The molecule has 47 heavy (non-hydrogen) atoms. The van der Waals surface area contributed by atoms with Crippen molar-refractivity contribution in [3.05, 3.63) is 102 Å². The van der Waals surface area contributed by atoms with Crippen molar-refractivity contribution < 1.29 is 0 Å². The molecule has 0 saturated carbocycles. The molecule has 11 heteroatoms. The highest BCUT2D eigenvalue weighted by Gasteiger charge is 2.21. The van der Waals surface area contributed by atoms with Crippen molar-refractivity contribution >= 4 is 39.2 Å². The fourth-order valence-corrected chi connectivity index (χ4v) is 5.87. The second kappa shape index (κ2) is 15.8. The van der Waals surface area contributed by atoms with Gasteiger partial charge in [0.2, 0.25) is 0 Å². The fraction of sp³-hybridized carbons (Fsp3) is 0.278. The van der Waals surface area contributed by atoms with E-state index < -0.39 is 0 Å². The summed E-state index contributed by atoms with van der Waals surface area (Å²) in [7, 11) is 0. The summed E-state index contributed by atoms with van der Waals surface area (Å²) in [6.45, 7) is 10.6. The van der Waals surface area contributed by atoms with Crippen LogP contribution in [0.1, 0.15) is 13.8 Å². The van der Waals surface area contributed by atoms with Gasteiger partial charge < -0.3 is 20.9 Å². The van der Waals surface area contributed by atoms with Crippen LogP contribution in [-0.4, -0.2) is 81.7 Å². The van der Waals surface area contributed by atoms with Crippen LogP contribution in [0, 0.1) is 0 Å². The first-order chi connectivity index (χ1) is 23.1. The molecule has 2 aliphatic heterocycles. The highest BCUT2D eigenvalue weighted by Crippen LogP contribution is 2.30. The molecule has 0 spiro atoms. The molecule has 0 radical (unpaired) electrons. The number of anilines is 1. The summed E-state index contributed by atoms with van der Waals surface area (Å²) in [5, 5.41) is 29.5. The Bertz CT molecular complexity index is 1880. The minimum Gasteiger partial charge on any atom is -0.350 e. The van der Waals surface area contributed by atoms with Gasteiger partial charge in [-0.25, -0.2) is 0 Å².